The highest BCUT2D eigenvalue weighted by atomic mass is 32.1. The van der Waals surface area contributed by atoms with Crippen LogP contribution < -0.4 is 10.1 Å². The predicted molar refractivity (Wildman–Crippen MR) is 157 cm³/mol. The maximum Gasteiger partial charge on any atom is 0.219 e. The first-order chi connectivity index (χ1) is 20.3. The maximum absolute atomic E-state index is 15.9. The maximum atomic E-state index is 15.9. The molecule has 1 aromatic carbocycles. The van der Waals surface area contributed by atoms with Crippen LogP contribution >= 0.6 is 11.3 Å². The average molecular weight is 594 g/mol. The Morgan fingerprint density at radius 2 is 1.98 bits per heavy atom. The van der Waals surface area contributed by atoms with Gasteiger partial charge in [-0.2, -0.15) is 5.10 Å². The Balaban J connectivity index is 1.45. The molecule has 2 aliphatic heterocycles. The van der Waals surface area contributed by atoms with Crippen LogP contribution in [0, 0.1) is 23.5 Å². The number of amides is 1. The molecule has 220 valence electrons. The zero-order valence-electron chi connectivity index (χ0n) is 23.8. The summed E-state index contributed by atoms with van der Waals surface area (Å²) in [4.78, 5) is 19.4. The molecule has 3 aromatic heterocycles. The van der Waals surface area contributed by atoms with Gasteiger partial charge < -0.3 is 19.7 Å². The molecule has 0 spiro atoms. The van der Waals surface area contributed by atoms with Crippen LogP contribution in [-0.2, 0) is 16.1 Å². The lowest BCUT2D eigenvalue weighted by molar-refractivity contribution is -0.136. The molecule has 1 unspecified atom stereocenters. The number of halogens is 2. The third kappa shape index (κ3) is 4.49. The monoisotopic (exact) mass is 593 g/mol. The molecule has 1 saturated heterocycles. The molecule has 7 rings (SSSR count). The Hall–Kier alpha value is -3.41. The third-order valence-electron chi connectivity index (χ3n) is 9.01. The van der Waals surface area contributed by atoms with Crippen molar-refractivity contribution in [3.63, 3.8) is 0 Å². The van der Waals surface area contributed by atoms with Crippen molar-refractivity contribution in [1.82, 2.24) is 25.0 Å². The van der Waals surface area contributed by atoms with E-state index in [-0.39, 0.29) is 42.4 Å². The van der Waals surface area contributed by atoms with E-state index in [1.54, 1.807) is 14.0 Å². The van der Waals surface area contributed by atoms with Gasteiger partial charge in [0.25, 0.3) is 0 Å². The Kier molecular flexibility index (Phi) is 6.99. The summed E-state index contributed by atoms with van der Waals surface area (Å²) in [7, 11) is 1.55. The zero-order chi connectivity index (χ0) is 29.1. The molecule has 2 bridgehead atoms. The fourth-order valence-corrected chi connectivity index (χ4v) is 7.98. The molecule has 8 nitrogen and oxygen atoms in total. The molecule has 1 aliphatic carbocycles. The van der Waals surface area contributed by atoms with Gasteiger partial charge in [0.1, 0.15) is 35.4 Å². The van der Waals surface area contributed by atoms with Crippen LogP contribution in [-0.4, -0.2) is 65.5 Å². The molecule has 1 saturated carbocycles. The summed E-state index contributed by atoms with van der Waals surface area (Å²) in [6.07, 6.45) is 1.06. The topological polar surface area (TPSA) is 81.5 Å². The smallest absolute Gasteiger partial charge is 0.219 e. The fourth-order valence-electron chi connectivity index (χ4n) is 7.02. The van der Waals surface area contributed by atoms with E-state index in [0.717, 1.165) is 40.5 Å². The normalized spacial score (nSPS) is 23.1. The molecule has 4 aromatic rings. The van der Waals surface area contributed by atoms with E-state index >= 15 is 4.39 Å². The van der Waals surface area contributed by atoms with E-state index in [4.69, 9.17) is 19.6 Å². The molecule has 5 heterocycles. The summed E-state index contributed by atoms with van der Waals surface area (Å²) >= 11 is 1.51. The number of likely N-dealkylation sites (tertiary alicyclic amines) is 1. The van der Waals surface area contributed by atoms with Crippen LogP contribution in [0.1, 0.15) is 43.6 Å². The molecule has 2 fully saturated rings. The van der Waals surface area contributed by atoms with Crippen molar-refractivity contribution in [2.24, 2.45) is 11.8 Å². The molecule has 1 N–H and O–H groups in total. The average Bonchev–Trinajstić information content (AvgIpc) is 3.62. The molecule has 0 radical (unpaired) electrons. The minimum atomic E-state index is -0.718. The van der Waals surface area contributed by atoms with Crippen molar-refractivity contribution in [1.29, 1.82) is 0 Å². The Morgan fingerprint density at radius 3 is 2.71 bits per heavy atom. The number of nitrogens with zero attached hydrogens (tertiary/aromatic N) is 4. The summed E-state index contributed by atoms with van der Waals surface area (Å²) < 4.78 is 44.3. The van der Waals surface area contributed by atoms with Gasteiger partial charge in [-0.3, -0.25) is 9.48 Å². The van der Waals surface area contributed by atoms with Crippen LogP contribution in [0.15, 0.2) is 29.6 Å². The van der Waals surface area contributed by atoms with Gasteiger partial charge in [-0.15, -0.1) is 11.3 Å². The number of carbonyl (C=O) groups is 1. The molecular formula is C31H33F2N5O3S. The molecule has 4 atom stereocenters. The van der Waals surface area contributed by atoms with Crippen molar-refractivity contribution in [3.05, 3.63) is 52.7 Å². The highest BCUT2D eigenvalue weighted by molar-refractivity contribution is 7.17. The molecule has 11 heteroatoms. The van der Waals surface area contributed by atoms with Crippen LogP contribution in [0.2, 0.25) is 0 Å². The number of benzene rings is 1. The second-order valence-corrected chi connectivity index (χ2v) is 12.5. The SMILES string of the molecule is COCCOc1cc(F)cc(F)c1-c1c(-c2cc3n(n2)CCN[C@@H]3C)nc(C2[C@@H]3C[C@H]2CN(C(C)=O)C3)c2ccsc12. The van der Waals surface area contributed by atoms with Crippen LogP contribution in [0.3, 0.4) is 0 Å². The minimum absolute atomic E-state index is 0.103. The zero-order valence-corrected chi connectivity index (χ0v) is 24.6. The van der Waals surface area contributed by atoms with Gasteiger partial charge in [-0.25, -0.2) is 13.8 Å². The van der Waals surface area contributed by atoms with Crippen molar-refractivity contribution < 1.29 is 23.0 Å². The number of rotatable bonds is 7. The Bertz CT molecular complexity index is 1670. The number of piperidine rings is 2. The summed E-state index contributed by atoms with van der Waals surface area (Å²) in [6.45, 7) is 7.08. The van der Waals surface area contributed by atoms with E-state index in [2.05, 4.69) is 12.2 Å². The largest absolute Gasteiger partial charge is 0.490 e. The van der Waals surface area contributed by atoms with Gasteiger partial charge in [0.15, 0.2) is 0 Å². The lowest BCUT2D eigenvalue weighted by Crippen LogP contribution is -2.55. The van der Waals surface area contributed by atoms with Gasteiger partial charge in [-0.05, 0) is 42.7 Å². The minimum Gasteiger partial charge on any atom is -0.490 e. The number of hydrogen-bond donors (Lipinski definition) is 1. The molecular weight excluding hydrogens is 560 g/mol. The number of carbonyl (C=O) groups excluding carboxylic acids is 1. The van der Waals surface area contributed by atoms with Gasteiger partial charge in [-0.1, -0.05) is 0 Å². The van der Waals surface area contributed by atoms with Gasteiger partial charge in [0.2, 0.25) is 5.91 Å². The summed E-state index contributed by atoms with van der Waals surface area (Å²) in [5, 5.41) is 11.4. The standard InChI is InChI=1S/C31H33F2N5O3S/c1-16-24-13-23(36-38(24)6-5-34-16)30-28(27-22(33)11-20(32)12-25(27)41-8-7-40-3)31-21(4-9-42-31)29(35-30)26-18-10-19(26)15-37(14-18)17(2)39/h4,9,11-13,16,18-19,26,34H,5-8,10,14-15H2,1-3H3/t16-,18-,19+,26?/m1/s1. The third-order valence-corrected chi connectivity index (χ3v) is 9.95. The predicted octanol–water partition coefficient (Wildman–Crippen LogP) is 5.38. The lowest BCUT2D eigenvalue weighted by atomic mass is 9.60. The second-order valence-electron chi connectivity index (χ2n) is 11.5. The number of thiophene rings is 1. The fraction of sp³-hybridized carbons (Fsp3) is 0.452. The number of pyridine rings is 1. The Labute approximate surface area is 246 Å². The van der Waals surface area contributed by atoms with Crippen molar-refractivity contribution >= 4 is 27.3 Å². The van der Waals surface area contributed by atoms with E-state index in [1.165, 1.54) is 17.4 Å². The lowest BCUT2D eigenvalue weighted by Gasteiger charge is -2.53. The first-order valence-corrected chi connectivity index (χ1v) is 15.3. The van der Waals surface area contributed by atoms with Gasteiger partial charge in [0, 0.05) is 73.4 Å². The second kappa shape index (κ2) is 10.7. The number of aromatic nitrogens is 3. The number of methoxy groups -OCH3 is 1. The van der Waals surface area contributed by atoms with Crippen LogP contribution in [0.25, 0.3) is 32.6 Å². The summed E-state index contributed by atoms with van der Waals surface area (Å²) in [6, 6.07) is 6.29. The molecule has 3 aliphatic rings. The first kappa shape index (κ1) is 27.4. The number of hydrogen-bond acceptors (Lipinski definition) is 7. The van der Waals surface area contributed by atoms with Crippen molar-refractivity contribution in [2.75, 3.05) is 40.0 Å². The van der Waals surface area contributed by atoms with Crippen LogP contribution in [0.5, 0.6) is 5.75 Å². The van der Waals surface area contributed by atoms with Crippen molar-refractivity contribution in [2.45, 2.75) is 38.8 Å². The van der Waals surface area contributed by atoms with Crippen molar-refractivity contribution in [3.8, 4) is 28.3 Å². The number of ether oxygens (including phenoxy) is 2. The van der Waals surface area contributed by atoms with E-state index < -0.39 is 11.6 Å². The number of nitrogens with one attached hydrogen (secondary N) is 1. The molecule has 1 amide bonds. The van der Waals surface area contributed by atoms with Gasteiger partial charge in [0.05, 0.1) is 30.1 Å². The van der Waals surface area contributed by atoms with Gasteiger partial charge >= 0.3 is 0 Å². The van der Waals surface area contributed by atoms with E-state index in [9.17, 15) is 9.18 Å². The first-order valence-electron chi connectivity index (χ1n) is 14.4. The molecule has 42 heavy (non-hydrogen) atoms. The van der Waals surface area contributed by atoms with E-state index in [1.807, 2.05) is 27.1 Å². The van der Waals surface area contributed by atoms with Crippen LogP contribution in [0.4, 0.5) is 8.78 Å². The highest BCUT2D eigenvalue weighted by Gasteiger charge is 2.49. The highest BCUT2D eigenvalue weighted by Crippen LogP contribution is 2.55. The quantitative estimate of drug-likeness (QED) is 0.290. The summed E-state index contributed by atoms with van der Waals surface area (Å²) in [5.41, 5.74) is 3.93. The summed E-state index contributed by atoms with van der Waals surface area (Å²) in [5.74, 6) is -0.400. The van der Waals surface area contributed by atoms with E-state index in [0.29, 0.717) is 48.4 Å². The Morgan fingerprint density at radius 1 is 1.17 bits per heavy atom. The number of fused-ring (bicyclic) bond motifs is 4.